The molecule has 0 amide bonds. The van der Waals surface area contributed by atoms with Crippen LogP contribution in [0.2, 0.25) is 0 Å². The molecule has 1 aromatic carbocycles. The summed E-state index contributed by atoms with van der Waals surface area (Å²) >= 11 is 1.60. The molecule has 0 unspecified atom stereocenters. The van der Waals surface area contributed by atoms with E-state index in [9.17, 15) is 4.79 Å². The highest BCUT2D eigenvalue weighted by Crippen LogP contribution is 2.29. The van der Waals surface area contributed by atoms with Crippen molar-refractivity contribution in [2.24, 2.45) is 0 Å². The van der Waals surface area contributed by atoms with E-state index in [1.807, 2.05) is 13.0 Å². The zero-order valence-electron chi connectivity index (χ0n) is 11.0. The van der Waals surface area contributed by atoms with Gasteiger partial charge in [0, 0.05) is 10.6 Å². The average molecular weight is 322 g/mol. The minimum Gasteiger partial charge on any atom is -0.478 e. The summed E-state index contributed by atoms with van der Waals surface area (Å²) in [5, 5.41) is 13.1. The Morgan fingerprint density at radius 2 is 2.10 bits per heavy atom. The molecule has 0 aliphatic carbocycles. The topological polar surface area (TPSA) is 75.1 Å². The summed E-state index contributed by atoms with van der Waals surface area (Å²) in [6.07, 6.45) is 1.50. The Balaban J connectivity index is 0.00000161. The molecular weight excluding hydrogens is 310 g/mol. The fourth-order valence-corrected chi connectivity index (χ4v) is 2.79. The van der Waals surface area contributed by atoms with Gasteiger partial charge in [0.1, 0.15) is 17.0 Å². The van der Waals surface area contributed by atoms with Crippen LogP contribution in [0.25, 0.3) is 10.2 Å². The number of hydrogen-bond acceptors (Lipinski definition) is 5. The largest absolute Gasteiger partial charge is 0.478 e. The van der Waals surface area contributed by atoms with Gasteiger partial charge < -0.3 is 10.4 Å². The van der Waals surface area contributed by atoms with Gasteiger partial charge in [0.05, 0.1) is 10.9 Å². The number of nitrogens with zero attached hydrogens (tertiary/aromatic N) is 2. The fraction of sp³-hybridized carbons (Fsp3) is 0.0714. The molecule has 2 heterocycles. The molecule has 2 aromatic heterocycles. The predicted molar refractivity (Wildman–Crippen MR) is 86.1 cm³/mol. The number of carboxylic acids is 1. The summed E-state index contributed by atoms with van der Waals surface area (Å²) in [6, 6.07) is 8.65. The van der Waals surface area contributed by atoms with Crippen LogP contribution in [0.5, 0.6) is 0 Å². The lowest BCUT2D eigenvalue weighted by Crippen LogP contribution is -1.99. The van der Waals surface area contributed by atoms with Gasteiger partial charge in [-0.2, -0.15) is 0 Å². The van der Waals surface area contributed by atoms with E-state index in [0.717, 1.165) is 15.1 Å². The molecule has 0 saturated heterocycles. The van der Waals surface area contributed by atoms with Crippen molar-refractivity contribution in [3.8, 4) is 0 Å². The lowest BCUT2D eigenvalue weighted by Gasteiger charge is -2.06. The van der Waals surface area contributed by atoms with Crippen molar-refractivity contribution in [2.45, 2.75) is 6.92 Å². The molecule has 0 aliphatic heterocycles. The second-order valence-corrected chi connectivity index (χ2v) is 5.54. The Labute approximate surface area is 131 Å². The van der Waals surface area contributed by atoms with Crippen LogP contribution in [0.3, 0.4) is 0 Å². The monoisotopic (exact) mass is 321 g/mol. The van der Waals surface area contributed by atoms with Gasteiger partial charge in [0.2, 0.25) is 0 Å². The summed E-state index contributed by atoms with van der Waals surface area (Å²) in [5.41, 5.74) is 0.926. The van der Waals surface area contributed by atoms with Gasteiger partial charge in [0.25, 0.3) is 0 Å². The van der Waals surface area contributed by atoms with E-state index in [4.69, 9.17) is 5.11 Å². The predicted octanol–water partition coefficient (Wildman–Crippen LogP) is 3.86. The molecule has 0 fully saturated rings. The highest BCUT2D eigenvalue weighted by atomic mass is 35.5. The van der Waals surface area contributed by atoms with Crippen molar-refractivity contribution in [2.75, 3.05) is 5.32 Å². The lowest BCUT2D eigenvalue weighted by atomic mass is 10.2. The number of anilines is 2. The van der Waals surface area contributed by atoms with E-state index < -0.39 is 5.97 Å². The van der Waals surface area contributed by atoms with Gasteiger partial charge in [-0.05, 0) is 31.2 Å². The van der Waals surface area contributed by atoms with E-state index in [1.165, 1.54) is 6.33 Å². The number of aryl methyl sites for hydroxylation is 1. The minimum absolute atomic E-state index is 0. The van der Waals surface area contributed by atoms with Gasteiger partial charge in [-0.15, -0.1) is 23.7 Å². The molecule has 7 heteroatoms. The third kappa shape index (κ3) is 3.12. The number of carboxylic acid groups (broad SMARTS) is 1. The standard InChI is InChI=1S/C14H11N3O2S.ClH/c1-8-5-11-12(15-7-16-13(11)20-8)17-10-4-2-3-9(6-10)14(18)19;/h2-7H,1H3,(H,18,19)(H,15,16,17);1H. The molecule has 0 aliphatic rings. The Bertz CT molecular complexity index is 804. The molecule has 3 rings (SSSR count). The van der Waals surface area contributed by atoms with Crippen LogP contribution in [0.1, 0.15) is 15.2 Å². The van der Waals surface area contributed by atoms with Gasteiger partial charge in [-0.1, -0.05) is 6.07 Å². The molecule has 2 N–H and O–H groups in total. The van der Waals surface area contributed by atoms with Crippen LogP contribution in [-0.4, -0.2) is 21.0 Å². The van der Waals surface area contributed by atoms with Gasteiger partial charge >= 0.3 is 5.97 Å². The van der Waals surface area contributed by atoms with Crippen molar-refractivity contribution < 1.29 is 9.90 Å². The second kappa shape index (κ2) is 6.07. The fourth-order valence-electron chi connectivity index (χ4n) is 1.94. The van der Waals surface area contributed by atoms with Crippen LogP contribution in [0.15, 0.2) is 36.7 Å². The van der Waals surface area contributed by atoms with Crippen molar-refractivity contribution in [1.29, 1.82) is 0 Å². The minimum atomic E-state index is -0.951. The third-order valence-corrected chi connectivity index (χ3v) is 3.78. The first kappa shape index (κ1) is 15.2. The summed E-state index contributed by atoms with van der Waals surface area (Å²) < 4.78 is 0. The number of fused-ring (bicyclic) bond motifs is 1. The number of nitrogens with one attached hydrogen (secondary N) is 1. The Kier molecular flexibility index (Phi) is 4.40. The molecule has 3 aromatic rings. The number of aromatic carboxylic acids is 1. The molecule has 0 bridgehead atoms. The molecular formula is C14H12ClN3O2S. The van der Waals surface area contributed by atoms with E-state index >= 15 is 0 Å². The molecule has 0 atom stereocenters. The maximum atomic E-state index is 11.0. The van der Waals surface area contributed by atoms with Crippen molar-refractivity contribution in [3.05, 3.63) is 47.1 Å². The van der Waals surface area contributed by atoms with Crippen LogP contribution in [0, 0.1) is 6.92 Å². The van der Waals surface area contributed by atoms with Crippen molar-refractivity contribution in [1.82, 2.24) is 9.97 Å². The first-order valence-electron chi connectivity index (χ1n) is 5.95. The third-order valence-electron chi connectivity index (χ3n) is 2.82. The smallest absolute Gasteiger partial charge is 0.335 e. The Morgan fingerprint density at radius 3 is 2.86 bits per heavy atom. The number of carbonyl (C=O) groups is 1. The van der Waals surface area contributed by atoms with Gasteiger partial charge in [0.15, 0.2) is 0 Å². The first-order chi connectivity index (χ1) is 9.63. The Morgan fingerprint density at radius 1 is 1.29 bits per heavy atom. The second-order valence-electron chi connectivity index (χ2n) is 4.31. The summed E-state index contributed by atoms with van der Waals surface area (Å²) in [7, 11) is 0. The van der Waals surface area contributed by atoms with Crippen LogP contribution < -0.4 is 5.32 Å². The molecule has 0 saturated carbocycles. The highest BCUT2D eigenvalue weighted by Gasteiger charge is 2.08. The first-order valence-corrected chi connectivity index (χ1v) is 6.76. The van der Waals surface area contributed by atoms with E-state index in [1.54, 1.807) is 35.6 Å². The van der Waals surface area contributed by atoms with Crippen molar-refractivity contribution >= 4 is 51.4 Å². The Hall–Kier alpha value is -2.18. The van der Waals surface area contributed by atoms with E-state index in [2.05, 4.69) is 15.3 Å². The lowest BCUT2D eigenvalue weighted by molar-refractivity contribution is 0.0697. The van der Waals surface area contributed by atoms with Crippen LogP contribution in [0.4, 0.5) is 11.5 Å². The van der Waals surface area contributed by atoms with E-state index in [0.29, 0.717) is 11.5 Å². The number of rotatable bonds is 3. The molecule has 108 valence electrons. The normalized spacial score (nSPS) is 10.1. The maximum absolute atomic E-state index is 11.0. The van der Waals surface area contributed by atoms with Crippen molar-refractivity contribution in [3.63, 3.8) is 0 Å². The zero-order valence-corrected chi connectivity index (χ0v) is 12.7. The number of thiophene rings is 1. The molecule has 0 radical (unpaired) electrons. The molecule has 5 nitrogen and oxygen atoms in total. The van der Waals surface area contributed by atoms with Gasteiger partial charge in [-0.25, -0.2) is 14.8 Å². The number of halogens is 1. The maximum Gasteiger partial charge on any atom is 0.335 e. The number of aromatic nitrogens is 2. The highest BCUT2D eigenvalue weighted by molar-refractivity contribution is 7.18. The van der Waals surface area contributed by atoms with Gasteiger partial charge in [-0.3, -0.25) is 0 Å². The average Bonchev–Trinajstić information content (AvgIpc) is 2.80. The zero-order chi connectivity index (χ0) is 14.1. The van der Waals surface area contributed by atoms with Crippen LogP contribution in [-0.2, 0) is 0 Å². The van der Waals surface area contributed by atoms with E-state index in [-0.39, 0.29) is 18.0 Å². The summed E-state index contributed by atoms with van der Waals surface area (Å²) in [4.78, 5) is 21.5. The number of benzene rings is 1. The number of hydrogen-bond donors (Lipinski definition) is 2. The SMILES string of the molecule is Cc1cc2c(Nc3cccc(C(=O)O)c3)ncnc2s1.Cl. The molecule has 21 heavy (non-hydrogen) atoms. The van der Waals surface area contributed by atoms with Crippen LogP contribution >= 0.6 is 23.7 Å². The summed E-state index contributed by atoms with van der Waals surface area (Å²) in [5.74, 6) is -0.269. The molecule has 0 spiro atoms. The summed E-state index contributed by atoms with van der Waals surface area (Å²) in [6.45, 7) is 2.02. The quantitative estimate of drug-likeness (QED) is 0.766.